The maximum Gasteiger partial charge on any atom is 0.251 e. The first-order chi connectivity index (χ1) is 8.26. The second-order valence-electron chi connectivity index (χ2n) is 4.87. The van der Waals surface area contributed by atoms with E-state index in [0.717, 1.165) is 37.8 Å². The van der Waals surface area contributed by atoms with E-state index in [1.807, 2.05) is 0 Å². The molecule has 2 rings (SSSR count). The molecule has 1 N–H and O–H groups in total. The normalized spacial score (nSPS) is 18.7. The van der Waals surface area contributed by atoms with Gasteiger partial charge >= 0.3 is 0 Å². The second-order valence-corrected chi connectivity index (χ2v) is 4.87. The summed E-state index contributed by atoms with van der Waals surface area (Å²) in [7, 11) is 0. The first kappa shape index (κ1) is 12.2. The highest BCUT2D eigenvalue weighted by Gasteiger charge is 2.24. The molecule has 1 aromatic carbocycles. The Kier molecular flexibility index (Phi) is 3.82. The lowest BCUT2D eigenvalue weighted by Gasteiger charge is -2.26. The van der Waals surface area contributed by atoms with Gasteiger partial charge in [0.15, 0.2) is 0 Å². The number of nitrogens with one attached hydrogen (secondary N) is 1. The lowest BCUT2D eigenvalue weighted by atomic mass is 9.86. The van der Waals surface area contributed by atoms with Crippen LogP contribution < -0.4 is 5.32 Å². The molecule has 0 aliphatic carbocycles. The molecule has 1 aromatic rings. The summed E-state index contributed by atoms with van der Waals surface area (Å²) in [5, 5.41) is 3.00. The first-order valence-corrected chi connectivity index (χ1v) is 6.67. The predicted molar refractivity (Wildman–Crippen MR) is 70.4 cm³/mol. The van der Waals surface area contributed by atoms with Crippen molar-refractivity contribution >= 4 is 5.91 Å². The molecule has 0 aromatic heterocycles. The number of fused-ring (bicyclic) bond motifs is 1. The maximum atomic E-state index is 11.9. The standard InChI is InChI=1S/C15H21NO/c1-3-5-11-7-8-13-12(6-4-2)10-16-15(17)14(13)9-11/h7-9,12H,3-6,10H2,1-2H3,(H,16,17). The molecule has 1 aliphatic rings. The SMILES string of the molecule is CCCc1ccc2c(c1)C(=O)NCC2CCC. The van der Waals surface area contributed by atoms with Crippen molar-refractivity contribution in [3.63, 3.8) is 0 Å². The van der Waals surface area contributed by atoms with Crippen molar-refractivity contribution in [1.29, 1.82) is 0 Å². The molecule has 92 valence electrons. The number of hydrogen-bond donors (Lipinski definition) is 1. The Balaban J connectivity index is 2.33. The molecule has 0 saturated heterocycles. The largest absolute Gasteiger partial charge is 0.351 e. The average Bonchev–Trinajstić information content (AvgIpc) is 2.34. The van der Waals surface area contributed by atoms with Crippen LogP contribution >= 0.6 is 0 Å². The zero-order valence-corrected chi connectivity index (χ0v) is 10.8. The Morgan fingerprint density at radius 1 is 1.29 bits per heavy atom. The predicted octanol–water partition coefficient (Wildman–Crippen LogP) is 3.27. The number of carbonyl (C=O) groups excluding carboxylic acids is 1. The maximum absolute atomic E-state index is 11.9. The molecule has 2 heteroatoms. The lowest BCUT2D eigenvalue weighted by Crippen LogP contribution is -2.35. The van der Waals surface area contributed by atoms with Crippen molar-refractivity contribution in [2.24, 2.45) is 0 Å². The van der Waals surface area contributed by atoms with Crippen LogP contribution in [-0.2, 0) is 6.42 Å². The summed E-state index contributed by atoms with van der Waals surface area (Å²) in [5.74, 6) is 0.605. The van der Waals surface area contributed by atoms with E-state index in [9.17, 15) is 4.79 Å². The number of aryl methyl sites for hydroxylation is 1. The Bertz CT molecular complexity index is 411. The Hall–Kier alpha value is -1.31. The van der Waals surface area contributed by atoms with Crippen LogP contribution in [0.5, 0.6) is 0 Å². The third-order valence-corrected chi connectivity index (χ3v) is 3.49. The third kappa shape index (κ3) is 2.51. The smallest absolute Gasteiger partial charge is 0.251 e. The molecule has 1 atom stereocenters. The van der Waals surface area contributed by atoms with E-state index in [1.54, 1.807) is 0 Å². The van der Waals surface area contributed by atoms with Crippen LogP contribution in [0.25, 0.3) is 0 Å². The van der Waals surface area contributed by atoms with E-state index >= 15 is 0 Å². The molecule has 1 unspecified atom stereocenters. The van der Waals surface area contributed by atoms with Crippen molar-refractivity contribution in [2.75, 3.05) is 6.54 Å². The molecule has 1 amide bonds. The molecule has 2 nitrogen and oxygen atoms in total. The van der Waals surface area contributed by atoms with Gasteiger partial charge in [-0.05, 0) is 30.0 Å². The van der Waals surface area contributed by atoms with Gasteiger partial charge in [-0.15, -0.1) is 0 Å². The van der Waals surface area contributed by atoms with Crippen molar-refractivity contribution in [2.45, 2.75) is 45.4 Å². The minimum atomic E-state index is 0.102. The molecule has 1 aliphatic heterocycles. The number of amides is 1. The van der Waals surface area contributed by atoms with Crippen LogP contribution in [0.15, 0.2) is 18.2 Å². The zero-order valence-electron chi connectivity index (χ0n) is 10.8. The van der Waals surface area contributed by atoms with Gasteiger partial charge in [-0.3, -0.25) is 4.79 Å². The highest BCUT2D eigenvalue weighted by Crippen LogP contribution is 2.28. The fourth-order valence-electron chi connectivity index (χ4n) is 2.63. The fraction of sp³-hybridized carbons (Fsp3) is 0.533. The van der Waals surface area contributed by atoms with E-state index in [4.69, 9.17) is 0 Å². The number of carbonyl (C=O) groups is 1. The van der Waals surface area contributed by atoms with E-state index in [2.05, 4.69) is 37.4 Å². The van der Waals surface area contributed by atoms with Gasteiger partial charge in [0, 0.05) is 18.0 Å². The highest BCUT2D eigenvalue weighted by molar-refractivity contribution is 5.97. The van der Waals surface area contributed by atoms with Crippen LogP contribution in [0.3, 0.4) is 0 Å². The number of rotatable bonds is 4. The first-order valence-electron chi connectivity index (χ1n) is 6.67. The summed E-state index contributed by atoms with van der Waals surface area (Å²) in [5.41, 5.74) is 3.43. The topological polar surface area (TPSA) is 29.1 Å². The van der Waals surface area contributed by atoms with Gasteiger partial charge in [-0.2, -0.15) is 0 Å². The summed E-state index contributed by atoms with van der Waals surface area (Å²) in [6, 6.07) is 6.43. The van der Waals surface area contributed by atoms with Gasteiger partial charge < -0.3 is 5.32 Å². The Morgan fingerprint density at radius 3 is 2.82 bits per heavy atom. The van der Waals surface area contributed by atoms with Crippen LogP contribution in [0.4, 0.5) is 0 Å². The van der Waals surface area contributed by atoms with Crippen molar-refractivity contribution in [3.8, 4) is 0 Å². The molecule has 0 bridgehead atoms. The van der Waals surface area contributed by atoms with Gasteiger partial charge in [-0.1, -0.05) is 38.8 Å². The van der Waals surface area contributed by atoms with Gasteiger partial charge in [0.25, 0.3) is 5.91 Å². The number of hydrogen-bond acceptors (Lipinski definition) is 1. The minimum Gasteiger partial charge on any atom is -0.351 e. The molecule has 1 heterocycles. The van der Waals surface area contributed by atoms with Crippen LogP contribution in [0, 0.1) is 0 Å². The van der Waals surface area contributed by atoms with E-state index in [-0.39, 0.29) is 5.91 Å². The van der Waals surface area contributed by atoms with E-state index in [1.165, 1.54) is 11.1 Å². The molecular formula is C15H21NO. The number of benzene rings is 1. The molecule has 17 heavy (non-hydrogen) atoms. The Morgan fingerprint density at radius 2 is 2.12 bits per heavy atom. The molecule has 0 radical (unpaired) electrons. The van der Waals surface area contributed by atoms with Gasteiger partial charge in [0.2, 0.25) is 0 Å². The highest BCUT2D eigenvalue weighted by atomic mass is 16.1. The Labute approximate surface area is 103 Å². The van der Waals surface area contributed by atoms with Gasteiger partial charge in [0.05, 0.1) is 0 Å². The van der Waals surface area contributed by atoms with Crippen molar-refractivity contribution < 1.29 is 4.79 Å². The quantitative estimate of drug-likeness (QED) is 0.846. The summed E-state index contributed by atoms with van der Waals surface area (Å²) >= 11 is 0. The fourth-order valence-corrected chi connectivity index (χ4v) is 2.63. The van der Waals surface area contributed by atoms with Crippen LogP contribution in [0.1, 0.15) is 60.5 Å². The minimum absolute atomic E-state index is 0.102. The molecule has 0 spiro atoms. The summed E-state index contributed by atoms with van der Waals surface area (Å²) in [4.78, 5) is 11.9. The summed E-state index contributed by atoms with van der Waals surface area (Å²) in [6.45, 7) is 5.16. The zero-order chi connectivity index (χ0) is 12.3. The van der Waals surface area contributed by atoms with Gasteiger partial charge in [0.1, 0.15) is 0 Å². The average molecular weight is 231 g/mol. The van der Waals surface area contributed by atoms with Crippen molar-refractivity contribution in [3.05, 3.63) is 34.9 Å². The third-order valence-electron chi connectivity index (χ3n) is 3.49. The monoisotopic (exact) mass is 231 g/mol. The van der Waals surface area contributed by atoms with Crippen LogP contribution in [0.2, 0.25) is 0 Å². The molecule has 0 fully saturated rings. The van der Waals surface area contributed by atoms with Crippen LogP contribution in [-0.4, -0.2) is 12.5 Å². The molecular weight excluding hydrogens is 210 g/mol. The summed E-state index contributed by atoms with van der Waals surface area (Å²) < 4.78 is 0. The van der Waals surface area contributed by atoms with Crippen molar-refractivity contribution in [1.82, 2.24) is 5.32 Å². The summed E-state index contributed by atoms with van der Waals surface area (Å²) in [6.07, 6.45) is 4.49. The molecule has 0 saturated carbocycles. The van der Waals surface area contributed by atoms with Gasteiger partial charge in [-0.25, -0.2) is 0 Å². The van der Waals surface area contributed by atoms with E-state index < -0.39 is 0 Å². The lowest BCUT2D eigenvalue weighted by molar-refractivity contribution is 0.0939. The second kappa shape index (κ2) is 5.35. The van der Waals surface area contributed by atoms with E-state index in [0.29, 0.717) is 5.92 Å².